The fourth-order valence-electron chi connectivity index (χ4n) is 2.97. The van der Waals surface area contributed by atoms with Crippen molar-refractivity contribution in [1.82, 2.24) is 0 Å². The number of fused-ring (bicyclic) bond motifs is 1. The van der Waals surface area contributed by atoms with Crippen molar-refractivity contribution < 1.29 is 4.74 Å². The highest BCUT2D eigenvalue weighted by molar-refractivity contribution is 5.37. The maximum absolute atomic E-state index is 6.02. The SMILES string of the molecule is NCC(Cc1ccccc1)CC1Cc2ccccc2O1. The van der Waals surface area contributed by atoms with Gasteiger partial charge in [0.1, 0.15) is 11.9 Å². The first kappa shape index (κ1) is 13.2. The van der Waals surface area contributed by atoms with Gasteiger partial charge >= 0.3 is 0 Å². The van der Waals surface area contributed by atoms with Crippen molar-refractivity contribution in [2.75, 3.05) is 6.54 Å². The molecule has 2 atom stereocenters. The van der Waals surface area contributed by atoms with Crippen molar-refractivity contribution in [2.24, 2.45) is 11.7 Å². The molecule has 0 bridgehead atoms. The molecule has 1 aliphatic rings. The highest BCUT2D eigenvalue weighted by Gasteiger charge is 2.25. The summed E-state index contributed by atoms with van der Waals surface area (Å²) < 4.78 is 6.02. The van der Waals surface area contributed by atoms with Gasteiger partial charge in [-0.05, 0) is 42.5 Å². The summed E-state index contributed by atoms with van der Waals surface area (Å²) in [6.07, 6.45) is 3.36. The molecular formula is C18H21NO. The molecule has 0 aliphatic carbocycles. The second kappa shape index (κ2) is 6.10. The third-order valence-electron chi connectivity index (χ3n) is 4.01. The van der Waals surface area contributed by atoms with Crippen molar-refractivity contribution in [2.45, 2.75) is 25.4 Å². The molecule has 0 spiro atoms. The molecule has 2 aromatic rings. The molecule has 20 heavy (non-hydrogen) atoms. The summed E-state index contributed by atoms with van der Waals surface area (Å²) in [7, 11) is 0. The van der Waals surface area contributed by atoms with Crippen LogP contribution in [0.5, 0.6) is 5.75 Å². The molecule has 0 aromatic heterocycles. The van der Waals surface area contributed by atoms with Crippen LogP contribution >= 0.6 is 0 Å². The summed E-state index contributed by atoms with van der Waals surface area (Å²) in [4.78, 5) is 0. The van der Waals surface area contributed by atoms with Crippen LogP contribution in [0.3, 0.4) is 0 Å². The van der Waals surface area contributed by atoms with Gasteiger partial charge in [-0.25, -0.2) is 0 Å². The third kappa shape index (κ3) is 3.02. The summed E-state index contributed by atoms with van der Waals surface area (Å²) >= 11 is 0. The lowest BCUT2D eigenvalue weighted by Crippen LogP contribution is -2.25. The minimum atomic E-state index is 0.282. The van der Waals surface area contributed by atoms with Crippen LogP contribution in [0.1, 0.15) is 17.5 Å². The third-order valence-corrected chi connectivity index (χ3v) is 4.01. The average Bonchev–Trinajstić information content (AvgIpc) is 2.90. The monoisotopic (exact) mass is 267 g/mol. The second-order valence-corrected chi connectivity index (χ2v) is 5.58. The zero-order valence-electron chi connectivity index (χ0n) is 11.7. The van der Waals surface area contributed by atoms with Gasteiger partial charge in [-0.3, -0.25) is 0 Å². The Morgan fingerprint density at radius 3 is 2.55 bits per heavy atom. The molecule has 0 amide bonds. The van der Waals surface area contributed by atoms with E-state index >= 15 is 0 Å². The Morgan fingerprint density at radius 1 is 1.05 bits per heavy atom. The molecule has 2 unspecified atom stereocenters. The molecule has 2 N–H and O–H groups in total. The van der Waals surface area contributed by atoms with E-state index in [1.54, 1.807) is 0 Å². The first-order valence-electron chi connectivity index (χ1n) is 7.33. The lowest BCUT2D eigenvalue weighted by molar-refractivity contribution is 0.194. The van der Waals surface area contributed by atoms with Gasteiger partial charge in [0.2, 0.25) is 0 Å². The zero-order valence-corrected chi connectivity index (χ0v) is 11.7. The van der Waals surface area contributed by atoms with Gasteiger partial charge in [0.15, 0.2) is 0 Å². The van der Waals surface area contributed by atoms with E-state index in [2.05, 4.69) is 48.5 Å². The van der Waals surface area contributed by atoms with E-state index in [9.17, 15) is 0 Å². The molecule has 2 aromatic carbocycles. The van der Waals surface area contributed by atoms with Gasteiger partial charge in [-0.1, -0.05) is 48.5 Å². The Bertz CT molecular complexity index is 527. The van der Waals surface area contributed by atoms with Gasteiger partial charge < -0.3 is 10.5 Å². The minimum Gasteiger partial charge on any atom is -0.490 e. The number of para-hydroxylation sites is 1. The lowest BCUT2D eigenvalue weighted by atomic mass is 9.92. The van der Waals surface area contributed by atoms with Crippen molar-refractivity contribution >= 4 is 0 Å². The van der Waals surface area contributed by atoms with Crippen molar-refractivity contribution in [3.8, 4) is 5.75 Å². The van der Waals surface area contributed by atoms with E-state index < -0.39 is 0 Å². The predicted molar refractivity (Wildman–Crippen MR) is 81.9 cm³/mol. The first-order chi connectivity index (χ1) is 9.85. The van der Waals surface area contributed by atoms with Gasteiger partial charge in [0.05, 0.1) is 0 Å². The predicted octanol–water partition coefficient (Wildman–Crippen LogP) is 3.20. The van der Waals surface area contributed by atoms with Crippen LogP contribution in [0.15, 0.2) is 54.6 Å². The van der Waals surface area contributed by atoms with Crippen LogP contribution in [-0.2, 0) is 12.8 Å². The normalized spacial score (nSPS) is 18.4. The van der Waals surface area contributed by atoms with Crippen LogP contribution in [0.2, 0.25) is 0 Å². The molecule has 1 heterocycles. The standard InChI is InChI=1S/C18H21NO/c19-13-15(10-14-6-2-1-3-7-14)11-17-12-16-8-4-5-9-18(16)20-17/h1-9,15,17H,10-13,19H2. The van der Waals surface area contributed by atoms with Crippen molar-refractivity contribution in [3.05, 3.63) is 65.7 Å². The van der Waals surface area contributed by atoms with Crippen LogP contribution in [0.4, 0.5) is 0 Å². The van der Waals surface area contributed by atoms with E-state index in [0.717, 1.165) is 25.0 Å². The van der Waals surface area contributed by atoms with Gasteiger partial charge in [0, 0.05) is 6.42 Å². The summed E-state index contributed by atoms with van der Waals surface area (Å²) in [6, 6.07) is 18.9. The zero-order chi connectivity index (χ0) is 13.8. The fourth-order valence-corrected chi connectivity index (χ4v) is 2.97. The van der Waals surface area contributed by atoms with E-state index in [0.29, 0.717) is 12.5 Å². The largest absolute Gasteiger partial charge is 0.490 e. The van der Waals surface area contributed by atoms with Gasteiger partial charge in [-0.15, -0.1) is 0 Å². The number of benzene rings is 2. The molecule has 2 heteroatoms. The van der Waals surface area contributed by atoms with Crippen LogP contribution in [0.25, 0.3) is 0 Å². The quantitative estimate of drug-likeness (QED) is 0.903. The smallest absolute Gasteiger partial charge is 0.123 e. The van der Waals surface area contributed by atoms with Gasteiger partial charge in [0.25, 0.3) is 0 Å². The number of hydrogen-bond acceptors (Lipinski definition) is 2. The highest BCUT2D eigenvalue weighted by Crippen LogP contribution is 2.31. The molecular weight excluding hydrogens is 246 g/mol. The summed E-state index contributed by atoms with van der Waals surface area (Å²) in [6.45, 7) is 0.713. The Balaban J connectivity index is 1.60. The Morgan fingerprint density at radius 2 is 1.80 bits per heavy atom. The van der Waals surface area contributed by atoms with Crippen LogP contribution in [-0.4, -0.2) is 12.6 Å². The van der Waals surface area contributed by atoms with Gasteiger partial charge in [-0.2, -0.15) is 0 Å². The summed E-state index contributed by atoms with van der Waals surface area (Å²) in [5.74, 6) is 1.53. The molecule has 1 aliphatic heterocycles. The molecule has 0 saturated heterocycles. The number of rotatable bonds is 5. The van der Waals surface area contributed by atoms with Crippen LogP contribution in [0, 0.1) is 5.92 Å². The van der Waals surface area contributed by atoms with E-state index in [4.69, 9.17) is 10.5 Å². The molecule has 0 saturated carbocycles. The van der Waals surface area contributed by atoms with E-state index in [1.165, 1.54) is 11.1 Å². The Hall–Kier alpha value is -1.80. The van der Waals surface area contributed by atoms with Crippen molar-refractivity contribution in [3.63, 3.8) is 0 Å². The maximum atomic E-state index is 6.02. The fraction of sp³-hybridized carbons (Fsp3) is 0.333. The highest BCUT2D eigenvalue weighted by atomic mass is 16.5. The molecule has 0 fully saturated rings. The summed E-state index contributed by atoms with van der Waals surface area (Å²) in [5, 5.41) is 0. The summed E-state index contributed by atoms with van der Waals surface area (Å²) in [5.41, 5.74) is 8.63. The molecule has 3 rings (SSSR count). The molecule has 0 radical (unpaired) electrons. The topological polar surface area (TPSA) is 35.2 Å². The minimum absolute atomic E-state index is 0.282. The second-order valence-electron chi connectivity index (χ2n) is 5.58. The maximum Gasteiger partial charge on any atom is 0.123 e. The average molecular weight is 267 g/mol. The molecule has 104 valence electrons. The molecule has 2 nitrogen and oxygen atoms in total. The first-order valence-corrected chi connectivity index (χ1v) is 7.33. The van der Waals surface area contributed by atoms with E-state index in [-0.39, 0.29) is 6.10 Å². The number of hydrogen-bond donors (Lipinski definition) is 1. The van der Waals surface area contributed by atoms with E-state index in [1.807, 2.05) is 6.07 Å². The number of nitrogens with two attached hydrogens (primary N) is 1. The lowest BCUT2D eigenvalue weighted by Gasteiger charge is -2.19. The Labute approximate surface area is 120 Å². The van der Waals surface area contributed by atoms with Crippen molar-refractivity contribution in [1.29, 1.82) is 0 Å². The van der Waals surface area contributed by atoms with Crippen LogP contribution < -0.4 is 10.5 Å². The Kier molecular flexibility index (Phi) is 4.03. The number of ether oxygens (including phenoxy) is 1.